The molecule has 5 heteroatoms. The molecule has 1 aliphatic heterocycles. The SMILES string of the molecule is Clc1ccc(-c2cc3c(CC4CCCOC4)nncc3s2)cc1. The summed E-state index contributed by atoms with van der Waals surface area (Å²) in [6, 6.07) is 10.2. The fourth-order valence-corrected chi connectivity index (χ4v) is 4.26. The standard InChI is InChI=1S/C18H17ClN2OS/c19-14-5-3-13(4-6-14)17-9-15-16(21-20-10-18(15)23-17)8-12-2-1-7-22-11-12/h3-6,9-10,12H,1-2,7-8,11H2. The summed E-state index contributed by atoms with van der Waals surface area (Å²) in [5.41, 5.74) is 2.28. The summed E-state index contributed by atoms with van der Waals surface area (Å²) < 4.78 is 6.79. The van der Waals surface area contributed by atoms with Crippen LogP contribution >= 0.6 is 22.9 Å². The van der Waals surface area contributed by atoms with Crippen LogP contribution in [0.15, 0.2) is 36.5 Å². The first-order valence-electron chi connectivity index (χ1n) is 7.87. The molecule has 3 heterocycles. The molecule has 4 rings (SSSR count). The Morgan fingerprint density at radius 1 is 1.26 bits per heavy atom. The Kier molecular flexibility index (Phi) is 4.29. The summed E-state index contributed by atoms with van der Waals surface area (Å²) in [4.78, 5) is 1.23. The van der Waals surface area contributed by atoms with E-state index in [0.717, 1.165) is 36.8 Å². The van der Waals surface area contributed by atoms with Crippen molar-refractivity contribution in [2.45, 2.75) is 19.3 Å². The highest BCUT2D eigenvalue weighted by Crippen LogP contribution is 2.35. The van der Waals surface area contributed by atoms with Crippen LogP contribution in [0.1, 0.15) is 18.5 Å². The molecule has 23 heavy (non-hydrogen) atoms. The van der Waals surface area contributed by atoms with Gasteiger partial charge in [0.1, 0.15) is 0 Å². The molecule has 1 saturated heterocycles. The summed E-state index contributed by atoms with van der Waals surface area (Å²) in [7, 11) is 0. The van der Waals surface area contributed by atoms with Gasteiger partial charge < -0.3 is 4.74 Å². The number of ether oxygens (including phenoxy) is 1. The lowest BCUT2D eigenvalue weighted by Gasteiger charge is -2.21. The Bertz CT molecular complexity index is 810. The van der Waals surface area contributed by atoms with E-state index in [1.54, 1.807) is 11.3 Å². The Balaban J connectivity index is 1.67. The fraction of sp³-hybridized carbons (Fsp3) is 0.333. The minimum absolute atomic E-state index is 0.558. The molecule has 0 saturated carbocycles. The first-order valence-corrected chi connectivity index (χ1v) is 9.07. The van der Waals surface area contributed by atoms with Gasteiger partial charge in [-0.05, 0) is 48.9 Å². The van der Waals surface area contributed by atoms with Gasteiger partial charge in [0, 0.05) is 28.5 Å². The summed E-state index contributed by atoms with van der Waals surface area (Å²) in [5, 5.41) is 10.6. The van der Waals surface area contributed by atoms with Crippen LogP contribution in [-0.4, -0.2) is 23.4 Å². The molecule has 118 valence electrons. The molecule has 2 aromatic heterocycles. The summed E-state index contributed by atoms with van der Waals surface area (Å²) >= 11 is 7.74. The van der Waals surface area contributed by atoms with Gasteiger partial charge in [-0.15, -0.1) is 11.3 Å². The van der Waals surface area contributed by atoms with E-state index in [2.05, 4.69) is 28.4 Å². The van der Waals surface area contributed by atoms with Crippen LogP contribution in [0.25, 0.3) is 20.5 Å². The molecule has 0 N–H and O–H groups in total. The van der Waals surface area contributed by atoms with Gasteiger partial charge in [-0.25, -0.2) is 0 Å². The predicted octanol–water partition coefficient (Wildman–Crippen LogP) is 4.98. The van der Waals surface area contributed by atoms with Crippen molar-refractivity contribution in [1.82, 2.24) is 10.2 Å². The maximum Gasteiger partial charge on any atom is 0.0721 e. The zero-order chi connectivity index (χ0) is 15.6. The Morgan fingerprint density at radius 2 is 2.13 bits per heavy atom. The van der Waals surface area contributed by atoms with E-state index in [1.807, 2.05) is 18.3 Å². The average Bonchev–Trinajstić information content (AvgIpc) is 3.02. The van der Waals surface area contributed by atoms with Gasteiger partial charge in [0.25, 0.3) is 0 Å². The smallest absolute Gasteiger partial charge is 0.0721 e. The number of hydrogen-bond donors (Lipinski definition) is 0. The van der Waals surface area contributed by atoms with Gasteiger partial charge in [0.15, 0.2) is 0 Å². The molecule has 1 atom stereocenters. The van der Waals surface area contributed by atoms with E-state index in [-0.39, 0.29) is 0 Å². The van der Waals surface area contributed by atoms with Crippen molar-refractivity contribution in [2.75, 3.05) is 13.2 Å². The van der Waals surface area contributed by atoms with Crippen molar-refractivity contribution >= 4 is 33.0 Å². The predicted molar refractivity (Wildman–Crippen MR) is 95.1 cm³/mol. The van der Waals surface area contributed by atoms with E-state index in [1.165, 1.54) is 26.9 Å². The molecular formula is C18H17ClN2OS. The summed E-state index contributed by atoms with van der Waals surface area (Å²) in [6.07, 6.45) is 5.17. The van der Waals surface area contributed by atoms with Crippen LogP contribution in [0.4, 0.5) is 0 Å². The van der Waals surface area contributed by atoms with Crippen molar-refractivity contribution < 1.29 is 4.74 Å². The Morgan fingerprint density at radius 3 is 2.91 bits per heavy atom. The minimum atomic E-state index is 0.558. The van der Waals surface area contributed by atoms with Gasteiger partial charge in [-0.2, -0.15) is 10.2 Å². The molecular weight excluding hydrogens is 328 g/mol. The molecule has 0 bridgehead atoms. The van der Waals surface area contributed by atoms with E-state index < -0.39 is 0 Å². The number of nitrogens with zero attached hydrogens (tertiary/aromatic N) is 2. The molecule has 0 amide bonds. The number of fused-ring (bicyclic) bond motifs is 1. The van der Waals surface area contributed by atoms with Crippen molar-refractivity contribution in [2.24, 2.45) is 5.92 Å². The van der Waals surface area contributed by atoms with E-state index in [4.69, 9.17) is 16.3 Å². The van der Waals surface area contributed by atoms with Gasteiger partial charge in [0.05, 0.1) is 16.6 Å². The van der Waals surface area contributed by atoms with Gasteiger partial charge in [0.2, 0.25) is 0 Å². The molecule has 0 aliphatic carbocycles. The largest absolute Gasteiger partial charge is 0.381 e. The topological polar surface area (TPSA) is 35.0 Å². The van der Waals surface area contributed by atoms with Crippen LogP contribution in [-0.2, 0) is 11.2 Å². The number of benzene rings is 1. The molecule has 1 fully saturated rings. The molecule has 1 aliphatic rings. The lowest BCUT2D eigenvalue weighted by atomic mass is 9.95. The highest BCUT2D eigenvalue weighted by atomic mass is 35.5. The number of aromatic nitrogens is 2. The normalized spacial score (nSPS) is 18.4. The number of rotatable bonds is 3. The Hall–Kier alpha value is -1.49. The third-order valence-corrected chi connectivity index (χ3v) is 5.66. The summed E-state index contributed by atoms with van der Waals surface area (Å²) in [5.74, 6) is 0.558. The van der Waals surface area contributed by atoms with Crippen LogP contribution < -0.4 is 0 Å². The van der Waals surface area contributed by atoms with Crippen LogP contribution in [0.3, 0.4) is 0 Å². The van der Waals surface area contributed by atoms with Crippen LogP contribution in [0.5, 0.6) is 0 Å². The first kappa shape index (κ1) is 15.1. The van der Waals surface area contributed by atoms with Crippen molar-refractivity contribution in [1.29, 1.82) is 0 Å². The minimum Gasteiger partial charge on any atom is -0.381 e. The zero-order valence-corrected chi connectivity index (χ0v) is 14.2. The van der Waals surface area contributed by atoms with Gasteiger partial charge in [-0.3, -0.25) is 0 Å². The molecule has 1 aromatic carbocycles. The first-order chi connectivity index (χ1) is 11.3. The average molecular weight is 345 g/mol. The second kappa shape index (κ2) is 6.56. The quantitative estimate of drug-likeness (QED) is 0.672. The van der Waals surface area contributed by atoms with Crippen molar-refractivity contribution in [3.05, 3.63) is 47.2 Å². The van der Waals surface area contributed by atoms with Gasteiger partial charge in [-0.1, -0.05) is 23.7 Å². The van der Waals surface area contributed by atoms with Crippen LogP contribution in [0, 0.1) is 5.92 Å². The van der Waals surface area contributed by atoms with Crippen molar-refractivity contribution in [3.8, 4) is 10.4 Å². The number of thiophene rings is 1. The maximum atomic E-state index is 5.98. The molecule has 0 radical (unpaired) electrons. The Labute approximate surface area is 144 Å². The highest BCUT2D eigenvalue weighted by molar-refractivity contribution is 7.22. The van der Waals surface area contributed by atoms with E-state index in [9.17, 15) is 0 Å². The zero-order valence-electron chi connectivity index (χ0n) is 12.7. The molecule has 1 unspecified atom stereocenters. The van der Waals surface area contributed by atoms with Crippen LogP contribution in [0.2, 0.25) is 5.02 Å². The maximum absolute atomic E-state index is 5.98. The van der Waals surface area contributed by atoms with Gasteiger partial charge >= 0.3 is 0 Å². The third-order valence-electron chi connectivity index (χ3n) is 4.29. The molecule has 3 aromatic rings. The number of halogens is 1. The fourth-order valence-electron chi connectivity index (χ4n) is 3.08. The summed E-state index contributed by atoms with van der Waals surface area (Å²) in [6.45, 7) is 1.73. The van der Waals surface area contributed by atoms with E-state index in [0.29, 0.717) is 5.92 Å². The van der Waals surface area contributed by atoms with E-state index >= 15 is 0 Å². The molecule has 0 spiro atoms. The lowest BCUT2D eigenvalue weighted by Crippen LogP contribution is -2.19. The van der Waals surface area contributed by atoms with Crippen molar-refractivity contribution in [3.63, 3.8) is 0 Å². The highest BCUT2D eigenvalue weighted by Gasteiger charge is 2.18. The third kappa shape index (κ3) is 3.25. The monoisotopic (exact) mass is 344 g/mol. The second-order valence-electron chi connectivity index (χ2n) is 5.97. The second-order valence-corrected chi connectivity index (χ2v) is 7.49. The number of hydrogen-bond acceptors (Lipinski definition) is 4. The molecule has 3 nitrogen and oxygen atoms in total. The lowest BCUT2D eigenvalue weighted by molar-refractivity contribution is 0.0547.